The van der Waals surface area contributed by atoms with E-state index in [0.717, 1.165) is 23.9 Å². The molecule has 0 radical (unpaired) electrons. The number of hydrogen-bond acceptors (Lipinski definition) is 5. The number of imidazole rings is 1. The third-order valence-corrected chi connectivity index (χ3v) is 6.95. The fourth-order valence-electron chi connectivity index (χ4n) is 3.75. The highest BCUT2D eigenvalue weighted by molar-refractivity contribution is 7.89. The molecule has 140 valence electrons. The minimum Gasteiger partial charge on any atom is -0.486 e. The number of hydrogen-bond donors (Lipinski definition) is 1. The van der Waals surface area contributed by atoms with E-state index in [2.05, 4.69) is 9.97 Å². The van der Waals surface area contributed by atoms with Gasteiger partial charge in [0.25, 0.3) is 0 Å². The molecule has 2 aliphatic rings. The van der Waals surface area contributed by atoms with Gasteiger partial charge in [0.05, 0.1) is 22.0 Å². The highest BCUT2D eigenvalue weighted by atomic mass is 32.2. The Bertz CT molecular complexity index is 1080. The van der Waals surface area contributed by atoms with E-state index in [-0.39, 0.29) is 10.9 Å². The van der Waals surface area contributed by atoms with Crippen LogP contribution in [0, 0.1) is 0 Å². The van der Waals surface area contributed by atoms with Crippen LogP contribution in [0.5, 0.6) is 11.5 Å². The summed E-state index contributed by atoms with van der Waals surface area (Å²) in [6, 6.07) is 12.2. The lowest BCUT2D eigenvalue weighted by Gasteiger charge is -2.24. The highest BCUT2D eigenvalue weighted by Gasteiger charge is 2.38. The van der Waals surface area contributed by atoms with Gasteiger partial charge in [0.15, 0.2) is 11.5 Å². The van der Waals surface area contributed by atoms with Crippen molar-refractivity contribution < 1.29 is 17.9 Å². The van der Waals surface area contributed by atoms with Crippen molar-refractivity contribution in [2.45, 2.75) is 23.8 Å². The first-order chi connectivity index (χ1) is 13.1. The Balaban J connectivity index is 1.52. The van der Waals surface area contributed by atoms with Gasteiger partial charge in [-0.25, -0.2) is 13.4 Å². The molecule has 0 bridgehead atoms. The number of aromatic nitrogens is 2. The van der Waals surface area contributed by atoms with Crippen molar-refractivity contribution in [3.8, 4) is 11.5 Å². The summed E-state index contributed by atoms with van der Waals surface area (Å²) in [7, 11) is -3.67. The van der Waals surface area contributed by atoms with Crippen molar-refractivity contribution >= 4 is 21.1 Å². The number of aromatic amines is 1. The van der Waals surface area contributed by atoms with E-state index in [0.29, 0.717) is 37.1 Å². The third kappa shape index (κ3) is 2.76. The van der Waals surface area contributed by atoms with E-state index in [1.807, 2.05) is 24.3 Å². The number of fused-ring (bicyclic) bond motifs is 2. The van der Waals surface area contributed by atoms with Gasteiger partial charge in [-0.2, -0.15) is 4.31 Å². The lowest BCUT2D eigenvalue weighted by atomic mass is 10.2. The quantitative estimate of drug-likeness (QED) is 0.749. The highest BCUT2D eigenvalue weighted by Crippen LogP contribution is 2.38. The van der Waals surface area contributed by atoms with Gasteiger partial charge in [-0.05, 0) is 37.1 Å². The second kappa shape index (κ2) is 6.24. The minimum absolute atomic E-state index is 0.217. The molecule has 2 aromatic carbocycles. The molecule has 3 aromatic rings. The molecule has 0 unspecified atom stereocenters. The number of para-hydroxylation sites is 2. The number of sulfonamides is 1. The van der Waals surface area contributed by atoms with Crippen LogP contribution >= 0.6 is 0 Å². The van der Waals surface area contributed by atoms with E-state index >= 15 is 0 Å². The zero-order chi connectivity index (χ0) is 18.4. The lowest BCUT2D eigenvalue weighted by Crippen LogP contribution is -2.31. The van der Waals surface area contributed by atoms with E-state index in [4.69, 9.17) is 9.47 Å². The molecule has 2 aliphatic heterocycles. The fourth-order valence-corrected chi connectivity index (χ4v) is 5.43. The van der Waals surface area contributed by atoms with Gasteiger partial charge in [-0.3, -0.25) is 0 Å². The molecule has 0 aliphatic carbocycles. The first-order valence-corrected chi connectivity index (χ1v) is 10.4. The van der Waals surface area contributed by atoms with Crippen LogP contribution in [0.3, 0.4) is 0 Å². The molecule has 0 spiro atoms. The van der Waals surface area contributed by atoms with Crippen molar-refractivity contribution in [1.29, 1.82) is 0 Å². The lowest BCUT2D eigenvalue weighted by molar-refractivity contribution is 0.171. The number of rotatable bonds is 3. The molecular formula is C19H19N3O4S. The summed E-state index contributed by atoms with van der Waals surface area (Å²) < 4.78 is 39.2. The maximum atomic E-state index is 13.3. The standard InChI is InChI=1S/C19H19N3O4S/c23-27(24,13-7-8-17-18(12-13)26-11-10-25-17)22-9-3-6-16(22)19-20-14-4-1-2-5-15(14)21-19/h1-2,4-5,7-8,12,16H,3,6,9-11H2,(H,20,21)/t16-/m0/s1. The number of benzene rings is 2. The summed E-state index contributed by atoms with van der Waals surface area (Å²) in [5, 5.41) is 0. The first-order valence-electron chi connectivity index (χ1n) is 8.99. The van der Waals surface area contributed by atoms with Crippen LogP contribution in [0.4, 0.5) is 0 Å². The zero-order valence-corrected chi connectivity index (χ0v) is 15.4. The SMILES string of the molecule is O=S(=O)(c1ccc2c(c1)OCCO2)N1CCC[C@H]1c1nc2ccccc2[nH]1. The molecule has 7 nitrogen and oxygen atoms in total. The van der Waals surface area contributed by atoms with Crippen molar-refractivity contribution in [3.05, 3.63) is 48.3 Å². The second-order valence-corrected chi connectivity index (χ2v) is 8.61. The third-order valence-electron chi connectivity index (χ3n) is 5.05. The van der Waals surface area contributed by atoms with Gasteiger partial charge < -0.3 is 14.5 Å². The Morgan fingerprint density at radius 1 is 1.07 bits per heavy atom. The molecule has 1 N–H and O–H groups in total. The summed E-state index contributed by atoms with van der Waals surface area (Å²) in [6.45, 7) is 1.36. The molecule has 5 rings (SSSR count). The fraction of sp³-hybridized carbons (Fsp3) is 0.316. The smallest absolute Gasteiger partial charge is 0.243 e. The van der Waals surface area contributed by atoms with Gasteiger partial charge in [0.2, 0.25) is 10.0 Å². The molecule has 1 aromatic heterocycles. The Labute approximate surface area is 157 Å². The van der Waals surface area contributed by atoms with E-state index in [1.165, 1.54) is 4.31 Å². The summed E-state index contributed by atoms with van der Waals surface area (Å²) in [6.07, 6.45) is 1.54. The average Bonchev–Trinajstić information content (AvgIpc) is 3.34. The minimum atomic E-state index is -3.67. The topological polar surface area (TPSA) is 84.5 Å². The predicted octanol–water partition coefficient (Wildman–Crippen LogP) is 2.86. The van der Waals surface area contributed by atoms with Gasteiger partial charge in [-0.1, -0.05) is 12.1 Å². The molecule has 27 heavy (non-hydrogen) atoms. The summed E-state index contributed by atoms with van der Waals surface area (Å²) >= 11 is 0. The Morgan fingerprint density at radius 3 is 2.74 bits per heavy atom. The molecule has 1 fully saturated rings. The molecular weight excluding hydrogens is 366 g/mol. The van der Waals surface area contributed by atoms with Crippen LogP contribution in [0.2, 0.25) is 0 Å². The number of H-pyrrole nitrogens is 1. The van der Waals surface area contributed by atoms with Crippen molar-refractivity contribution in [3.63, 3.8) is 0 Å². The van der Waals surface area contributed by atoms with Gasteiger partial charge in [-0.15, -0.1) is 0 Å². The zero-order valence-electron chi connectivity index (χ0n) is 14.6. The second-order valence-electron chi connectivity index (χ2n) is 6.72. The maximum Gasteiger partial charge on any atom is 0.243 e. The van der Waals surface area contributed by atoms with Crippen LogP contribution in [0.15, 0.2) is 47.4 Å². The monoisotopic (exact) mass is 385 g/mol. The van der Waals surface area contributed by atoms with Crippen molar-refractivity contribution in [1.82, 2.24) is 14.3 Å². The first kappa shape index (κ1) is 16.6. The summed E-state index contributed by atoms with van der Waals surface area (Å²) in [5.74, 6) is 1.74. The van der Waals surface area contributed by atoms with E-state index in [1.54, 1.807) is 18.2 Å². The number of nitrogens with one attached hydrogen (secondary N) is 1. The molecule has 3 heterocycles. The Kier molecular flexibility index (Phi) is 3.84. The maximum absolute atomic E-state index is 13.3. The predicted molar refractivity (Wildman–Crippen MR) is 99.4 cm³/mol. The van der Waals surface area contributed by atoms with Crippen LogP contribution in [-0.2, 0) is 10.0 Å². The van der Waals surface area contributed by atoms with E-state index < -0.39 is 10.0 Å². The number of nitrogens with zero attached hydrogens (tertiary/aromatic N) is 2. The Morgan fingerprint density at radius 2 is 1.89 bits per heavy atom. The van der Waals surface area contributed by atoms with Gasteiger partial charge in [0.1, 0.15) is 19.0 Å². The van der Waals surface area contributed by atoms with Crippen molar-refractivity contribution in [2.24, 2.45) is 0 Å². The molecule has 1 saturated heterocycles. The summed E-state index contributed by atoms with van der Waals surface area (Å²) in [5.41, 5.74) is 1.76. The van der Waals surface area contributed by atoms with Crippen LogP contribution in [-0.4, -0.2) is 42.4 Å². The van der Waals surface area contributed by atoms with Crippen LogP contribution in [0.1, 0.15) is 24.7 Å². The summed E-state index contributed by atoms with van der Waals surface area (Å²) in [4.78, 5) is 8.11. The number of ether oxygens (including phenoxy) is 2. The van der Waals surface area contributed by atoms with Crippen LogP contribution < -0.4 is 9.47 Å². The van der Waals surface area contributed by atoms with E-state index in [9.17, 15) is 8.42 Å². The van der Waals surface area contributed by atoms with Crippen molar-refractivity contribution in [2.75, 3.05) is 19.8 Å². The largest absolute Gasteiger partial charge is 0.486 e. The molecule has 1 atom stereocenters. The van der Waals surface area contributed by atoms with Gasteiger partial charge in [0, 0.05) is 12.6 Å². The molecule has 8 heteroatoms. The Hall–Kier alpha value is -2.58. The normalized spacial score (nSPS) is 20.2. The molecule has 0 amide bonds. The molecule has 0 saturated carbocycles. The average molecular weight is 385 g/mol. The van der Waals surface area contributed by atoms with Crippen LogP contribution in [0.25, 0.3) is 11.0 Å². The van der Waals surface area contributed by atoms with Gasteiger partial charge >= 0.3 is 0 Å².